The lowest BCUT2D eigenvalue weighted by atomic mass is 9.85. The third kappa shape index (κ3) is 6.65. The van der Waals surface area contributed by atoms with Gasteiger partial charge in [0.1, 0.15) is 6.26 Å². The number of hydrogen-bond acceptors (Lipinski definition) is 8. The molecule has 10 nitrogen and oxygen atoms in total. The highest BCUT2D eigenvalue weighted by Crippen LogP contribution is 2.24. The van der Waals surface area contributed by atoms with Crippen LogP contribution < -0.4 is 16.4 Å². The number of carboxylic acid groups (broad SMARTS) is 1. The molecular weight excluding hydrogens is 386 g/mol. The molecule has 2 aromatic heterocycles. The first-order chi connectivity index (χ1) is 13.5. The maximum absolute atomic E-state index is 12.2. The van der Waals surface area contributed by atoms with Crippen LogP contribution in [0.1, 0.15) is 41.9 Å². The lowest BCUT2D eigenvalue weighted by molar-refractivity contribution is -0.126. The minimum absolute atomic E-state index is 0.000653. The van der Waals surface area contributed by atoms with E-state index in [1.54, 1.807) is 0 Å². The van der Waals surface area contributed by atoms with Crippen LogP contribution in [0.4, 0.5) is 5.13 Å². The Balaban J connectivity index is 0.000000878. The summed E-state index contributed by atoms with van der Waals surface area (Å²) < 4.78 is 4.81. The Morgan fingerprint density at radius 1 is 1.36 bits per heavy atom. The highest BCUT2D eigenvalue weighted by atomic mass is 32.1. The Morgan fingerprint density at radius 2 is 2.07 bits per heavy atom. The van der Waals surface area contributed by atoms with E-state index in [2.05, 4.69) is 20.6 Å². The van der Waals surface area contributed by atoms with E-state index in [1.165, 1.54) is 24.0 Å². The lowest BCUT2D eigenvalue weighted by Crippen LogP contribution is -2.41. The van der Waals surface area contributed by atoms with Crippen LogP contribution in [0.3, 0.4) is 0 Å². The molecule has 5 N–H and O–H groups in total. The maximum atomic E-state index is 12.2. The Kier molecular flexibility index (Phi) is 8.40. The number of anilines is 1. The molecule has 1 fully saturated rings. The van der Waals surface area contributed by atoms with Gasteiger partial charge in [-0.1, -0.05) is 0 Å². The van der Waals surface area contributed by atoms with Crippen molar-refractivity contribution in [1.29, 1.82) is 0 Å². The van der Waals surface area contributed by atoms with E-state index < -0.39 is 0 Å². The molecule has 1 aliphatic carbocycles. The zero-order valence-corrected chi connectivity index (χ0v) is 16.0. The van der Waals surface area contributed by atoms with Gasteiger partial charge in [0.05, 0.1) is 5.69 Å². The fourth-order valence-electron chi connectivity index (χ4n) is 2.98. The molecular formula is C17H23N5O5S. The van der Waals surface area contributed by atoms with E-state index in [0.717, 1.165) is 31.4 Å². The van der Waals surface area contributed by atoms with Crippen molar-refractivity contribution in [2.75, 3.05) is 12.3 Å². The second-order valence-corrected chi connectivity index (χ2v) is 7.11. The second-order valence-electron chi connectivity index (χ2n) is 6.22. The number of nitrogens with two attached hydrogens (primary N) is 1. The first-order valence-electron chi connectivity index (χ1n) is 8.78. The number of thiazole rings is 1. The Labute approximate surface area is 165 Å². The van der Waals surface area contributed by atoms with Gasteiger partial charge in [-0.25, -0.2) is 9.97 Å². The monoisotopic (exact) mass is 409 g/mol. The molecule has 0 aliphatic heterocycles. The van der Waals surface area contributed by atoms with Crippen LogP contribution in [0, 0.1) is 5.92 Å². The molecule has 3 rings (SSSR count). The van der Waals surface area contributed by atoms with Crippen molar-refractivity contribution in [3.05, 3.63) is 29.4 Å². The molecule has 0 bridgehead atoms. The van der Waals surface area contributed by atoms with Crippen molar-refractivity contribution < 1.29 is 23.9 Å². The second kappa shape index (κ2) is 11.0. The molecule has 0 aromatic carbocycles. The number of amides is 2. The fraction of sp³-hybridized carbons (Fsp3) is 0.471. The van der Waals surface area contributed by atoms with E-state index >= 15 is 0 Å². The molecule has 2 aromatic rings. The minimum atomic E-state index is -0.250. The molecule has 0 radical (unpaired) electrons. The molecule has 28 heavy (non-hydrogen) atoms. The van der Waals surface area contributed by atoms with Crippen LogP contribution in [0.5, 0.6) is 0 Å². The van der Waals surface area contributed by atoms with Crippen molar-refractivity contribution in [2.45, 2.75) is 38.1 Å². The summed E-state index contributed by atoms with van der Waals surface area (Å²) >= 11 is 1.40. The van der Waals surface area contributed by atoms with E-state index in [4.69, 9.17) is 20.1 Å². The highest BCUT2D eigenvalue weighted by molar-refractivity contribution is 7.13. The summed E-state index contributed by atoms with van der Waals surface area (Å²) in [5, 5.41) is 15.2. The van der Waals surface area contributed by atoms with E-state index in [0.29, 0.717) is 18.1 Å². The van der Waals surface area contributed by atoms with Crippen LogP contribution in [0.25, 0.3) is 0 Å². The summed E-state index contributed by atoms with van der Waals surface area (Å²) in [7, 11) is 0. The average molecular weight is 409 g/mol. The van der Waals surface area contributed by atoms with Crippen LogP contribution in [-0.2, 0) is 16.0 Å². The van der Waals surface area contributed by atoms with Gasteiger partial charge in [0.25, 0.3) is 12.4 Å². The van der Waals surface area contributed by atoms with Crippen LogP contribution in [-0.4, -0.2) is 45.9 Å². The molecule has 1 saturated carbocycles. The SMILES string of the molecule is Nc1nc(CCNC(=O)C2CCC(NC(=O)c3cocn3)CC2)cs1.O=CO. The summed E-state index contributed by atoms with van der Waals surface area (Å²) in [4.78, 5) is 40.5. The third-order valence-corrected chi connectivity index (χ3v) is 5.07. The standard InChI is InChI=1S/C16H21N5O3S.CH2O2/c17-16-21-12(8-25-16)5-6-18-14(22)10-1-3-11(4-2-10)20-15(23)13-7-24-9-19-13;2-1-3/h7-11H,1-6H2,(H2,17,21)(H,18,22)(H,20,23);1H,(H,2,3). The summed E-state index contributed by atoms with van der Waals surface area (Å²) in [6.07, 6.45) is 6.33. The predicted molar refractivity (Wildman–Crippen MR) is 102 cm³/mol. The third-order valence-electron chi connectivity index (χ3n) is 4.35. The zero-order valence-electron chi connectivity index (χ0n) is 15.2. The van der Waals surface area contributed by atoms with Crippen molar-refractivity contribution in [1.82, 2.24) is 20.6 Å². The summed E-state index contributed by atoms with van der Waals surface area (Å²) in [6, 6.07) is 0.0752. The first-order valence-corrected chi connectivity index (χ1v) is 9.66. The predicted octanol–water partition coefficient (Wildman–Crippen LogP) is 1.06. The van der Waals surface area contributed by atoms with Crippen molar-refractivity contribution >= 4 is 34.8 Å². The van der Waals surface area contributed by atoms with Gasteiger partial charge in [0.2, 0.25) is 5.91 Å². The molecule has 0 atom stereocenters. The first kappa shape index (κ1) is 21.4. The van der Waals surface area contributed by atoms with Gasteiger partial charge in [-0.15, -0.1) is 11.3 Å². The summed E-state index contributed by atoms with van der Waals surface area (Å²) in [5.74, 6) is -0.158. The molecule has 0 unspecified atom stereocenters. The van der Waals surface area contributed by atoms with E-state index in [1.807, 2.05) is 5.38 Å². The van der Waals surface area contributed by atoms with Crippen LogP contribution in [0.2, 0.25) is 0 Å². The number of oxazole rings is 1. The number of carbonyl (C=O) groups is 3. The zero-order chi connectivity index (χ0) is 20.4. The van der Waals surface area contributed by atoms with Crippen molar-refractivity contribution in [3.8, 4) is 0 Å². The smallest absolute Gasteiger partial charge is 0.290 e. The van der Waals surface area contributed by atoms with Gasteiger partial charge in [0, 0.05) is 30.3 Å². The highest BCUT2D eigenvalue weighted by Gasteiger charge is 2.27. The molecule has 2 heterocycles. The van der Waals surface area contributed by atoms with Crippen LogP contribution >= 0.6 is 11.3 Å². The van der Waals surface area contributed by atoms with Gasteiger partial charge in [0.15, 0.2) is 17.2 Å². The maximum Gasteiger partial charge on any atom is 0.290 e. The molecule has 152 valence electrons. The minimum Gasteiger partial charge on any atom is -0.483 e. The van der Waals surface area contributed by atoms with Gasteiger partial charge >= 0.3 is 0 Å². The van der Waals surface area contributed by atoms with Crippen molar-refractivity contribution in [3.63, 3.8) is 0 Å². The average Bonchev–Trinajstić information content (AvgIpc) is 3.35. The number of carbonyl (C=O) groups excluding carboxylic acids is 2. The number of aromatic nitrogens is 2. The Hall–Kier alpha value is -2.95. The molecule has 11 heteroatoms. The number of rotatable bonds is 6. The van der Waals surface area contributed by atoms with E-state index in [9.17, 15) is 9.59 Å². The number of nitrogen functional groups attached to an aromatic ring is 1. The van der Waals surface area contributed by atoms with Gasteiger partial charge in [-0.2, -0.15) is 0 Å². The summed E-state index contributed by atoms with van der Waals surface area (Å²) in [5.41, 5.74) is 6.77. The van der Waals surface area contributed by atoms with Gasteiger partial charge in [-0.3, -0.25) is 14.4 Å². The van der Waals surface area contributed by atoms with Gasteiger partial charge in [-0.05, 0) is 25.7 Å². The number of nitrogens with one attached hydrogen (secondary N) is 2. The van der Waals surface area contributed by atoms with Crippen LogP contribution in [0.15, 0.2) is 22.5 Å². The quantitative estimate of drug-likeness (QED) is 0.515. The molecule has 2 amide bonds. The van der Waals surface area contributed by atoms with Crippen molar-refractivity contribution in [2.24, 2.45) is 5.92 Å². The number of hydrogen-bond donors (Lipinski definition) is 4. The Morgan fingerprint density at radius 3 is 2.64 bits per heavy atom. The van der Waals surface area contributed by atoms with Gasteiger partial charge < -0.3 is 25.9 Å². The molecule has 0 saturated heterocycles. The normalized spacial score (nSPS) is 18.4. The molecule has 1 aliphatic rings. The Bertz CT molecular complexity index is 756. The number of nitrogens with zero attached hydrogens (tertiary/aromatic N) is 2. The summed E-state index contributed by atoms with van der Waals surface area (Å²) in [6.45, 7) is 0.310. The molecule has 0 spiro atoms. The fourth-order valence-corrected chi connectivity index (χ4v) is 3.58. The lowest BCUT2D eigenvalue weighted by Gasteiger charge is -2.28. The van der Waals surface area contributed by atoms with E-state index in [-0.39, 0.29) is 35.9 Å². The largest absolute Gasteiger partial charge is 0.483 e. The topological polar surface area (TPSA) is 160 Å².